The van der Waals surface area contributed by atoms with Gasteiger partial charge in [0, 0.05) is 69.0 Å². The summed E-state index contributed by atoms with van der Waals surface area (Å²) in [6.45, 7) is 8.56. The fourth-order valence-corrected chi connectivity index (χ4v) is 5.14. The lowest BCUT2D eigenvalue weighted by Crippen LogP contribution is -2.46. The number of nitrogens with zero attached hydrogens (tertiary/aromatic N) is 8. The Hall–Kier alpha value is -4.74. The molecule has 0 unspecified atom stereocenters. The highest BCUT2D eigenvalue weighted by Crippen LogP contribution is 2.28. The number of benzene rings is 2. The summed E-state index contributed by atoms with van der Waals surface area (Å²) in [6, 6.07) is 17.7. The number of nitriles is 2. The zero-order valence-corrected chi connectivity index (χ0v) is 23.2. The smallest absolute Gasteiger partial charge is 0.236 e. The normalized spacial score (nSPS) is 16.1. The molecule has 2 aliphatic heterocycles. The molecule has 5 rings (SSSR count). The van der Waals surface area contributed by atoms with Gasteiger partial charge in [-0.1, -0.05) is 6.92 Å². The summed E-state index contributed by atoms with van der Waals surface area (Å²) in [5, 5.41) is 21.8. The van der Waals surface area contributed by atoms with Crippen molar-refractivity contribution < 1.29 is 9.53 Å². The third-order valence-electron chi connectivity index (χ3n) is 7.56. The SMILES string of the molecule is CCN1CCN(c2ccc(Nc3ncnc(-c4ccc(OC5CCN(C(=O)CC#N)CC5)c(C#N)c4)n3)cc2)CC1. The maximum atomic E-state index is 11.9. The molecule has 0 radical (unpaired) electrons. The number of ether oxygens (including phenoxy) is 1. The number of hydrogen-bond donors (Lipinski definition) is 1. The van der Waals surface area contributed by atoms with Gasteiger partial charge in [-0.25, -0.2) is 9.97 Å². The van der Waals surface area contributed by atoms with Crippen molar-refractivity contribution in [3.05, 3.63) is 54.4 Å². The zero-order chi connectivity index (χ0) is 28.6. The van der Waals surface area contributed by atoms with Crippen LogP contribution in [0.3, 0.4) is 0 Å². The van der Waals surface area contributed by atoms with Gasteiger partial charge in [0.15, 0.2) is 5.82 Å². The van der Waals surface area contributed by atoms with Crippen LogP contribution in [0.4, 0.5) is 17.3 Å². The maximum absolute atomic E-state index is 11.9. The Morgan fingerprint density at radius 3 is 2.46 bits per heavy atom. The minimum absolute atomic E-state index is 0.108. The van der Waals surface area contributed by atoms with Crippen molar-refractivity contribution in [1.82, 2.24) is 24.8 Å². The number of rotatable bonds is 8. The van der Waals surface area contributed by atoms with E-state index >= 15 is 0 Å². The summed E-state index contributed by atoms with van der Waals surface area (Å²) in [5.74, 6) is 1.19. The molecule has 0 saturated carbocycles. The number of likely N-dealkylation sites (tertiary alicyclic amines) is 1. The van der Waals surface area contributed by atoms with Gasteiger partial charge in [0.05, 0.1) is 11.6 Å². The molecule has 0 atom stereocenters. The fraction of sp³-hybridized carbons (Fsp3) is 0.400. The quantitative estimate of drug-likeness (QED) is 0.443. The third-order valence-corrected chi connectivity index (χ3v) is 7.56. The largest absolute Gasteiger partial charge is 0.489 e. The molecule has 2 fully saturated rings. The third kappa shape index (κ3) is 6.89. The average molecular weight is 552 g/mol. The van der Waals surface area contributed by atoms with Crippen LogP contribution in [0.1, 0.15) is 31.7 Å². The number of piperazine rings is 1. The first-order valence-corrected chi connectivity index (χ1v) is 14.0. The number of carbonyl (C=O) groups is 1. The summed E-state index contributed by atoms with van der Waals surface area (Å²) < 4.78 is 6.13. The van der Waals surface area contributed by atoms with E-state index in [2.05, 4.69) is 55.2 Å². The van der Waals surface area contributed by atoms with Crippen molar-refractivity contribution in [3.8, 4) is 29.3 Å². The van der Waals surface area contributed by atoms with Gasteiger partial charge in [-0.3, -0.25) is 4.79 Å². The standard InChI is InChI=1S/C30H33N9O2/c1-2-37-15-17-38(18-16-37)25-6-4-24(5-7-25)35-30-34-21-33-29(36-30)22-3-8-27(23(19-22)20-32)41-26-10-13-39(14-11-26)28(40)9-12-31/h3-8,19,21,26H,2,9-11,13-18H2,1H3,(H,33,34,35,36). The summed E-state index contributed by atoms with van der Waals surface area (Å²) in [5.41, 5.74) is 3.14. The first kappa shape index (κ1) is 27.8. The molecule has 2 saturated heterocycles. The number of amides is 1. The van der Waals surface area contributed by atoms with Crippen LogP contribution >= 0.6 is 0 Å². The van der Waals surface area contributed by atoms with E-state index in [1.165, 1.54) is 12.0 Å². The molecule has 1 amide bonds. The number of carbonyl (C=O) groups excluding carboxylic acids is 1. The van der Waals surface area contributed by atoms with Gasteiger partial charge in [0.1, 0.15) is 30.7 Å². The fourth-order valence-electron chi connectivity index (χ4n) is 5.14. The number of hydrogen-bond acceptors (Lipinski definition) is 10. The lowest BCUT2D eigenvalue weighted by Gasteiger charge is -2.35. The Bertz CT molecular complexity index is 1430. The zero-order valence-electron chi connectivity index (χ0n) is 23.2. The Morgan fingerprint density at radius 2 is 1.78 bits per heavy atom. The molecule has 1 N–H and O–H groups in total. The van der Waals surface area contributed by atoms with Crippen molar-refractivity contribution in [2.45, 2.75) is 32.3 Å². The van der Waals surface area contributed by atoms with E-state index in [0.717, 1.165) is 38.4 Å². The summed E-state index contributed by atoms with van der Waals surface area (Å²) >= 11 is 0. The van der Waals surface area contributed by atoms with Crippen molar-refractivity contribution in [2.75, 3.05) is 56.0 Å². The van der Waals surface area contributed by atoms with Crippen LogP contribution in [-0.4, -0.2) is 82.6 Å². The molecule has 0 spiro atoms. The van der Waals surface area contributed by atoms with Crippen molar-refractivity contribution in [2.24, 2.45) is 0 Å². The number of nitrogens with one attached hydrogen (secondary N) is 1. The maximum Gasteiger partial charge on any atom is 0.236 e. The second-order valence-corrected chi connectivity index (χ2v) is 10.1. The molecule has 3 heterocycles. The minimum Gasteiger partial charge on any atom is -0.489 e. The molecule has 0 aliphatic carbocycles. The summed E-state index contributed by atoms with van der Waals surface area (Å²) in [7, 11) is 0. The lowest BCUT2D eigenvalue weighted by atomic mass is 10.1. The molecule has 210 valence electrons. The van der Waals surface area contributed by atoms with E-state index in [1.54, 1.807) is 17.0 Å². The topological polar surface area (TPSA) is 134 Å². The molecular weight excluding hydrogens is 518 g/mol. The Labute approximate surface area is 240 Å². The van der Waals surface area contributed by atoms with Gasteiger partial charge in [0.25, 0.3) is 0 Å². The van der Waals surface area contributed by atoms with Crippen LogP contribution < -0.4 is 15.0 Å². The van der Waals surface area contributed by atoms with Crippen LogP contribution in [0.25, 0.3) is 11.4 Å². The summed E-state index contributed by atoms with van der Waals surface area (Å²) in [4.78, 5) is 31.7. The monoisotopic (exact) mass is 551 g/mol. The van der Waals surface area contributed by atoms with E-state index in [4.69, 9.17) is 10.00 Å². The van der Waals surface area contributed by atoms with E-state index in [1.807, 2.05) is 24.3 Å². The van der Waals surface area contributed by atoms with Crippen LogP contribution in [0, 0.1) is 22.7 Å². The Kier molecular flexibility index (Phi) is 8.87. The predicted molar refractivity (Wildman–Crippen MR) is 154 cm³/mol. The molecule has 1 aromatic heterocycles. The first-order chi connectivity index (χ1) is 20.1. The first-order valence-electron chi connectivity index (χ1n) is 14.0. The molecule has 0 bridgehead atoms. The highest BCUT2D eigenvalue weighted by molar-refractivity contribution is 5.78. The van der Waals surface area contributed by atoms with Gasteiger partial charge in [-0.05, 0) is 49.0 Å². The number of piperidine rings is 1. The molecule has 11 heteroatoms. The molecule has 11 nitrogen and oxygen atoms in total. The van der Waals surface area contributed by atoms with Crippen molar-refractivity contribution in [1.29, 1.82) is 10.5 Å². The Morgan fingerprint density at radius 1 is 1.02 bits per heavy atom. The second kappa shape index (κ2) is 13.1. The minimum atomic E-state index is -0.155. The van der Waals surface area contributed by atoms with Crippen LogP contribution in [0.5, 0.6) is 5.75 Å². The highest BCUT2D eigenvalue weighted by Gasteiger charge is 2.24. The highest BCUT2D eigenvalue weighted by atomic mass is 16.5. The number of likely N-dealkylation sites (N-methyl/N-ethyl adjacent to an activating group) is 1. The van der Waals surface area contributed by atoms with Crippen molar-refractivity contribution in [3.63, 3.8) is 0 Å². The molecular formula is C30H33N9O2. The van der Waals surface area contributed by atoms with Gasteiger partial charge in [0.2, 0.25) is 11.9 Å². The van der Waals surface area contributed by atoms with Gasteiger partial charge >= 0.3 is 0 Å². The lowest BCUT2D eigenvalue weighted by molar-refractivity contribution is -0.131. The van der Waals surface area contributed by atoms with Gasteiger partial charge in [-0.2, -0.15) is 15.5 Å². The van der Waals surface area contributed by atoms with E-state index < -0.39 is 0 Å². The molecule has 41 heavy (non-hydrogen) atoms. The molecule has 2 aliphatic rings. The van der Waals surface area contributed by atoms with Crippen LogP contribution in [0.2, 0.25) is 0 Å². The average Bonchev–Trinajstić information content (AvgIpc) is 3.02. The van der Waals surface area contributed by atoms with Gasteiger partial charge < -0.3 is 24.8 Å². The van der Waals surface area contributed by atoms with Crippen molar-refractivity contribution >= 4 is 23.2 Å². The number of aromatic nitrogens is 3. The number of anilines is 3. The predicted octanol–water partition coefficient (Wildman–Crippen LogP) is 3.58. The van der Waals surface area contributed by atoms with Crippen LogP contribution in [0.15, 0.2) is 48.8 Å². The Balaban J connectivity index is 1.21. The van der Waals surface area contributed by atoms with E-state index in [9.17, 15) is 10.1 Å². The molecule has 2 aromatic carbocycles. The van der Waals surface area contributed by atoms with Crippen LogP contribution in [-0.2, 0) is 4.79 Å². The van der Waals surface area contributed by atoms with E-state index in [0.29, 0.717) is 54.6 Å². The summed E-state index contributed by atoms with van der Waals surface area (Å²) in [6.07, 6.45) is 2.51. The van der Waals surface area contributed by atoms with Gasteiger partial charge in [-0.15, -0.1) is 0 Å². The second-order valence-electron chi connectivity index (χ2n) is 10.1. The molecule has 3 aromatic rings. The van der Waals surface area contributed by atoms with E-state index in [-0.39, 0.29) is 18.4 Å².